The number of benzene rings is 2. The Morgan fingerprint density at radius 2 is 1.96 bits per heavy atom. The van der Waals surface area contributed by atoms with Crippen molar-refractivity contribution in [2.75, 3.05) is 10.8 Å². The predicted molar refractivity (Wildman–Crippen MR) is 102 cm³/mol. The molecule has 0 bridgehead atoms. The van der Waals surface area contributed by atoms with Gasteiger partial charge >= 0.3 is 12.0 Å². The number of oxazole rings is 1. The van der Waals surface area contributed by atoms with Crippen LogP contribution in [-0.4, -0.2) is 31.0 Å². The molecule has 3 rings (SSSR count). The molecule has 9 heteroatoms. The number of carbonyl (C=O) groups is 1. The number of carboxylic acid groups (broad SMARTS) is 1. The van der Waals surface area contributed by atoms with Gasteiger partial charge in [-0.15, -0.1) is 0 Å². The van der Waals surface area contributed by atoms with Crippen LogP contribution in [0.4, 0.5) is 6.01 Å². The maximum absolute atomic E-state index is 13.2. The highest BCUT2D eigenvalue weighted by atomic mass is 35.5. The van der Waals surface area contributed by atoms with Crippen LogP contribution in [0, 0.1) is 13.8 Å². The van der Waals surface area contributed by atoms with Crippen molar-refractivity contribution in [1.29, 1.82) is 0 Å². The minimum absolute atomic E-state index is 0.0538. The summed E-state index contributed by atoms with van der Waals surface area (Å²) in [5.41, 5.74) is 1.84. The molecule has 2 aromatic carbocycles. The third-order valence-electron chi connectivity index (χ3n) is 4.30. The summed E-state index contributed by atoms with van der Waals surface area (Å²) in [4.78, 5) is 15.5. The fourth-order valence-corrected chi connectivity index (χ4v) is 4.36. The van der Waals surface area contributed by atoms with E-state index in [1.807, 2.05) is 0 Å². The summed E-state index contributed by atoms with van der Waals surface area (Å²) in [5.74, 6) is -1.19. The monoisotopic (exact) mass is 408 g/mol. The van der Waals surface area contributed by atoms with Gasteiger partial charge in [0.15, 0.2) is 5.58 Å². The van der Waals surface area contributed by atoms with Gasteiger partial charge in [-0.25, -0.2) is 17.5 Å². The SMILES string of the molecule is CCN(c1nc2cc(Cl)ccc2o1)S(=O)(=O)c1cc(C)c(C)c(C(=O)O)c1. The fourth-order valence-electron chi connectivity index (χ4n) is 2.73. The molecule has 1 N–H and O–H groups in total. The first kappa shape index (κ1) is 19.2. The molecule has 0 unspecified atom stereocenters. The van der Waals surface area contributed by atoms with Crippen molar-refractivity contribution >= 4 is 44.7 Å². The molecule has 142 valence electrons. The zero-order valence-electron chi connectivity index (χ0n) is 14.9. The minimum atomic E-state index is -4.08. The van der Waals surface area contributed by atoms with Crippen molar-refractivity contribution in [1.82, 2.24) is 4.98 Å². The molecule has 0 saturated heterocycles. The lowest BCUT2D eigenvalue weighted by atomic mass is 10.0. The number of hydrogen-bond donors (Lipinski definition) is 1. The molecule has 1 heterocycles. The first-order chi connectivity index (χ1) is 12.6. The molecule has 0 amide bonds. The van der Waals surface area contributed by atoms with Gasteiger partial charge in [-0.3, -0.25) is 0 Å². The number of fused-ring (bicyclic) bond motifs is 1. The van der Waals surface area contributed by atoms with Gasteiger partial charge in [-0.05, 0) is 62.2 Å². The van der Waals surface area contributed by atoms with Crippen LogP contribution in [-0.2, 0) is 10.0 Å². The lowest BCUT2D eigenvalue weighted by Gasteiger charge is -2.19. The maximum Gasteiger partial charge on any atom is 0.336 e. The summed E-state index contributed by atoms with van der Waals surface area (Å²) >= 11 is 5.94. The molecule has 7 nitrogen and oxygen atoms in total. The fraction of sp³-hybridized carbons (Fsp3) is 0.222. The Balaban J connectivity index is 2.15. The van der Waals surface area contributed by atoms with E-state index in [1.165, 1.54) is 6.07 Å². The van der Waals surface area contributed by atoms with E-state index in [4.69, 9.17) is 16.0 Å². The summed E-state index contributed by atoms with van der Waals surface area (Å²) in [6.45, 7) is 4.99. The van der Waals surface area contributed by atoms with E-state index in [0.29, 0.717) is 27.2 Å². The van der Waals surface area contributed by atoms with Crippen molar-refractivity contribution in [2.24, 2.45) is 0 Å². The van der Waals surface area contributed by atoms with Crippen LogP contribution in [0.1, 0.15) is 28.4 Å². The van der Waals surface area contributed by atoms with Crippen LogP contribution < -0.4 is 4.31 Å². The third kappa shape index (κ3) is 3.38. The zero-order valence-corrected chi connectivity index (χ0v) is 16.4. The number of anilines is 1. The molecule has 0 spiro atoms. The van der Waals surface area contributed by atoms with Crippen LogP contribution >= 0.6 is 11.6 Å². The standard InChI is InChI=1S/C18H17ClN2O5S/c1-4-21(18-20-15-8-12(19)5-6-16(15)26-18)27(24,25)13-7-10(2)11(3)14(9-13)17(22)23/h5-9H,4H2,1-3H3,(H,22,23). The molecule has 1 aromatic heterocycles. The Morgan fingerprint density at radius 1 is 1.26 bits per heavy atom. The average Bonchev–Trinajstić information content (AvgIpc) is 2.99. The second-order valence-corrected chi connectivity index (χ2v) is 8.29. The van der Waals surface area contributed by atoms with Crippen LogP contribution in [0.5, 0.6) is 0 Å². The number of rotatable bonds is 5. The maximum atomic E-state index is 13.2. The first-order valence-electron chi connectivity index (χ1n) is 8.08. The number of carboxylic acids is 1. The van der Waals surface area contributed by atoms with Gasteiger partial charge in [0.2, 0.25) is 0 Å². The van der Waals surface area contributed by atoms with E-state index < -0.39 is 16.0 Å². The Morgan fingerprint density at radius 3 is 2.59 bits per heavy atom. The highest BCUT2D eigenvalue weighted by molar-refractivity contribution is 7.92. The molecular weight excluding hydrogens is 392 g/mol. The van der Waals surface area contributed by atoms with E-state index in [-0.39, 0.29) is 23.0 Å². The van der Waals surface area contributed by atoms with Crippen molar-refractivity contribution in [3.63, 3.8) is 0 Å². The van der Waals surface area contributed by atoms with Gasteiger partial charge in [0, 0.05) is 11.6 Å². The van der Waals surface area contributed by atoms with Gasteiger partial charge in [-0.1, -0.05) is 11.6 Å². The number of aromatic carboxylic acids is 1. The number of hydrogen-bond acceptors (Lipinski definition) is 5. The smallest absolute Gasteiger partial charge is 0.336 e. The molecule has 0 atom stereocenters. The number of sulfonamides is 1. The Kier molecular flexibility index (Phi) is 4.88. The largest absolute Gasteiger partial charge is 0.478 e. The molecular formula is C18H17ClN2O5S. The highest BCUT2D eigenvalue weighted by Crippen LogP contribution is 2.29. The van der Waals surface area contributed by atoms with Gasteiger partial charge in [0.25, 0.3) is 10.0 Å². The van der Waals surface area contributed by atoms with E-state index in [1.54, 1.807) is 39.0 Å². The van der Waals surface area contributed by atoms with E-state index in [9.17, 15) is 18.3 Å². The molecule has 0 aliphatic rings. The average molecular weight is 409 g/mol. The van der Waals surface area contributed by atoms with E-state index >= 15 is 0 Å². The normalized spacial score (nSPS) is 11.7. The second-order valence-electron chi connectivity index (χ2n) is 6.00. The Bertz CT molecular complexity index is 1150. The van der Waals surface area contributed by atoms with Crippen molar-refractivity contribution in [3.05, 3.63) is 52.0 Å². The van der Waals surface area contributed by atoms with Crippen LogP contribution in [0.15, 0.2) is 39.6 Å². The quantitative estimate of drug-likeness (QED) is 0.684. The van der Waals surface area contributed by atoms with Gasteiger partial charge < -0.3 is 9.52 Å². The number of nitrogens with zero attached hydrogens (tertiary/aromatic N) is 2. The summed E-state index contributed by atoms with van der Waals surface area (Å²) in [5, 5.41) is 9.81. The summed E-state index contributed by atoms with van der Waals surface area (Å²) < 4.78 is 32.9. The molecule has 27 heavy (non-hydrogen) atoms. The summed E-state index contributed by atoms with van der Waals surface area (Å²) in [7, 11) is -4.08. The van der Waals surface area contributed by atoms with Gasteiger partial charge in [-0.2, -0.15) is 4.98 Å². The lowest BCUT2D eigenvalue weighted by Crippen LogP contribution is -2.31. The summed E-state index contributed by atoms with van der Waals surface area (Å²) in [6.07, 6.45) is 0. The molecule has 3 aromatic rings. The van der Waals surface area contributed by atoms with Crippen molar-refractivity contribution < 1.29 is 22.7 Å². The van der Waals surface area contributed by atoms with Crippen LogP contribution in [0.2, 0.25) is 5.02 Å². The van der Waals surface area contributed by atoms with Crippen LogP contribution in [0.25, 0.3) is 11.1 Å². The third-order valence-corrected chi connectivity index (χ3v) is 6.36. The molecule has 0 aliphatic heterocycles. The first-order valence-corrected chi connectivity index (χ1v) is 9.90. The number of aromatic nitrogens is 1. The van der Waals surface area contributed by atoms with Gasteiger partial charge in [0.1, 0.15) is 5.52 Å². The second kappa shape index (κ2) is 6.86. The number of halogens is 1. The zero-order chi connectivity index (χ0) is 19.9. The lowest BCUT2D eigenvalue weighted by molar-refractivity contribution is 0.0695. The molecule has 0 fully saturated rings. The minimum Gasteiger partial charge on any atom is -0.478 e. The van der Waals surface area contributed by atoms with Crippen molar-refractivity contribution in [2.45, 2.75) is 25.7 Å². The predicted octanol–water partition coefficient (Wildman–Crippen LogP) is 4.01. The summed E-state index contributed by atoms with van der Waals surface area (Å²) in [6, 6.07) is 7.29. The van der Waals surface area contributed by atoms with E-state index in [2.05, 4.69) is 4.98 Å². The van der Waals surface area contributed by atoms with Crippen LogP contribution in [0.3, 0.4) is 0 Å². The number of aryl methyl sites for hydroxylation is 1. The highest BCUT2D eigenvalue weighted by Gasteiger charge is 2.29. The molecule has 0 saturated carbocycles. The van der Waals surface area contributed by atoms with E-state index in [0.717, 1.165) is 10.4 Å². The van der Waals surface area contributed by atoms with Gasteiger partial charge in [0.05, 0.1) is 10.5 Å². The Labute approximate surface area is 161 Å². The molecule has 0 aliphatic carbocycles. The molecule has 0 radical (unpaired) electrons. The topological polar surface area (TPSA) is 101 Å². The Hall–Kier alpha value is -2.58. The van der Waals surface area contributed by atoms with Crippen molar-refractivity contribution in [3.8, 4) is 0 Å².